The predicted molar refractivity (Wildman–Crippen MR) is 99.6 cm³/mol. The summed E-state index contributed by atoms with van der Waals surface area (Å²) in [6.07, 6.45) is 9.73. The number of rotatable bonds is 7. The van der Waals surface area contributed by atoms with Gasteiger partial charge in [0.05, 0.1) is 5.52 Å². The first-order valence-electron chi connectivity index (χ1n) is 8.81. The molecule has 118 valence electrons. The summed E-state index contributed by atoms with van der Waals surface area (Å²) in [4.78, 5) is 4.53. The van der Waals surface area contributed by atoms with Gasteiger partial charge in [-0.2, -0.15) is 0 Å². The molecule has 23 heavy (non-hydrogen) atoms. The van der Waals surface area contributed by atoms with Crippen molar-refractivity contribution in [2.45, 2.75) is 45.4 Å². The molecule has 0 aliphatic heterocycles. The average molecular weight is 303 g/mol. The first kappa shape index (κ1) is 15.7. The van der Waals surface area contributed by atoms with Crippen LogP contribution in [0.4, 0.5) is 0 Å². The topological polar surface area (TPSA) is 12.9 Å². The SMILES string of the molecule is CCCCCCCc1ccc2nccc(-c3ccccc3)c2c1. The summed E-state index contributed by atoms with van der Waals surface area (Å²) in [7, 11) is 0. The molecule has 1 heterocycles. The van der Waals surface area contributed by atoms with E-state index in [0.29, 0.717) is 0 Å². The second-order valence-electron chi connectivity index (χ2n) is 6.24. The second-order valence-corrected chi connectivity index (χ2v) is 6.24. The molecule has 0 fully saturated rings. The highest BCUT2D eigenvalue weighted by Gasteiger charge is 2.05. The van der Waals surface area contributed by atoms with Crippen LogP contribution >= 0.6 is 0 Å². The zero-order chi connectivity index (χ0) is 15.9. The van der Waals surface area contributed by atoms with Crippen LogP contribution in [-0.2, 0) is 6.42 Å². The van der Waals surface area contributed by atoms with Crippen LogP contribution in [0.15, 0.2) is 60.8 Å². The van der Waals surface area contributed by atoms with E-state index in [4.69, 9.17) is 0 Å². The molecular weight excluding hydrogens is 278 g/mol. The number of unbranched alkanes of at least 4 members (excludes halogenated alkanes) is 4. The van der Waals surface area contributed by atoms with Crippen LogP contribution < -0.4 is 0 Å². The molecule has 0 radical (unpaired) electrons. The first-order valence-corrected chi connectivity index (χ1v) is 8.81. The summed E-state index contributed by atoms with van der Waals surface area (Å²) in [6, 6.07) is 19.5. The molecule has 1 aromatic heterocycles. The molecule has 0 amide bonds. The number of hydrogen-bond acceptors (Lipinski definition) is 1. The molecule has 1 heteroatoms. The lowest BCUT2D eigenvalue weighted by Crippen LogP contribution is -1.89. The summed E-state index contributed by atoms with van der Waals surface area (Å²) >= 11 is 0. The number of aryl methyl sites for hydroxylation is 1. The van der Waals surface area contributed by atoms with Crippen LogP contribution in [0.3, 0.4) is 0 Å². The van der Waals surface area contributed by atoms with E-state index >= 15 is 0 Å². The molecule has 0 N–H and O–H groups in total. The Kier molecular flexibility index (Phi) is 5.42. The van der Waals surface area contributed by atoms with Crippen LogP contribution in [-0.4, -0.2) is 4.98 Å². The number of hydrogen-bond donors (Lipinski definition) is 0. The van der Waals surface area contributed by atoms with Gasteiger partial charge in [-0.3, -0.25) is 4.98 Å². The van der Waals surface area contributed by atoms with Gasteiger partial charge in [0.15, 0.2) is 0 Å². The Bertz CT molecular complexity index is 746. The van der Waals surface area contributed by atoms with E-state index in [1.165, 1.54) is 60.6 Å². The minimum absolute atomic E-state index is 1.08. The predicted octanol–water partition coefficient (Wildman–Crippen LogP) is 6.41. The third kappa shape index (κ3) is 3.98. The molecule has 0 aliphatic rings. The molecule has 0 saturated heterocycles. The smallest absolute Gasteiger partial charge is 0.0708 e. The number of pyridine rings is 1. The average Bonchev–Trinajstić information content (AvgIpc) is 2.62. The van der Waals surface area contributed by atoms with Gasteiger partial charge in [0.25, 0.3) is 0 Å². The van der Waals surface area contributed by atoms with Gasteiger partial charge in [-0.15, -0.1) is 0 Å². The normalized spacial score (nSPS) is 11.0. The zero-order valence-electron chi connectivity index (χ0n) is 14.0. The highest BCUT2D eigenvalue weighted by molar-refractivity contribution is 5.94. The zero-order valence-corrected chi connectivity index (χ0v) is 14.0. The van der Waals surface area contributed by atoms with E-state index in [0.717, 1.165) is 5.52 Å². The molecule has 0 unspecified atom stereocenters. The molecule has 0 aliphatic carbocycles. The lowest BCUT2D eigenvalue weighted by molar-refractivity contribution is 0.632. The summed E-state index contributed by atoms with van der Waals surface area (Å²) in [5.41, 5.74) is 5.06. The summed E-state index contributed by atoms with van der Waals surface area (Å²) < 4.78 is 0. The fourth-order valence-corrected chi connectivity index (χ4v) is 3.15. The summed E-state index contributed by atoms with van der Waals surface area (Å²) in [5.74, 6) is 0. The first-order chi connectivity index (χ1) is 11.4. The van der Waals surface area contributed by atoms with Gasteiger partial charge in [-0.25, -0.2) is 0 Å². The maximum absolute atomic E-state index is 4.53. The van der Waals surface area contributed by atoms with Crippen LogP contribution in [0, 0.1) is 0 Å². The van der Waals surface area contributed by atoms with E-state index in [-0.39, 0.29) is 0 Å². The number of nitrogens with zero attached hydrogens (tertiary/aromatic N) is 1. The number of aromatic nitrogens is 1. The van der Waals surface area contributed by atoms with Crippen molar-refractivity contribution < 1.29 is 0 Å². The maximum Gasteiger partial charge on any atom is 0.0708 e. The highest BCUT2D eigenvalue weighted by atomic mass is 14.6. The lowest BCUT2D eigenvalue weighted by atomic mass is 9.98. The number of benzene rings is 2. The summed E-state index contributed by atoms with van der Waals surface area (Å²) in [5, 5.41) is 1.27. The fourth-order valence-electron chi connectivity index (χ4n) is 3.15. The van der Waals surface area contributed by atoms with Gasteiger partial charge >= 0.3 is 0 Å². The van der Waals surface area contributed by atoms with Crippen LogP contribution in [0.1, 0.15) is 44.6 Å². The Morgan fingerprint density at radius 2 is 1.65 bits per heavy atom. The largest absolute Gasteiger partial charge is 0.256 e. The summed E-state index contributed by atoms with van der Waals surface area (Å²) in [6.45, 7) is 2.27. The standard InChI is InChI=1S/C22H25N/c1-2-3-4-5-7-10-18-13-14-22-21(17-18)20(15-16-23-22)19-11-8-6-9-12-19/h6,8-9,11-17H,2-5,7,10H2,1H3. The van der Waals surface area contributed by atoms with Crippen LogP contribution in [0.5, 0.6) is 0 Å². The second kappa shape index (κ2) is 7.92. The third-order valence-electron chi connectivity index (χ3n) is 4.46. The van der Waals surface area contributed by atoms with Crippen molar-refractivity contribution in [2.75, 3.05) is 0 Å². The van der Waals surface area contributed by atoms with E-state index in [9.17, 15) is 0 Å². The fraction of sp³-hybridized carbons (Fsp3) is 0.318. The van der Waals surface area contributed by atoms with Crippen molar-refractivity contribution in [1.29, 1.82) is 0 Å². The molecule has 0 saturated carbocycles. The Morgan fingerprint density at radius 3 is 2.48 bits per heavy atom. The molecule has 1 nitrogen and oxygen atoms in total. The maximum atomic E-state index is 4.53. The van der Waals surface area contributed by atoms with Crippen molar-refractivity contribution in [2.24, 2.45) is 0 Å². The Labute approximate surface area is 139 Å². The minimum Gasteiger partial charge on any atom is -0.256 e. The van der Waals surface area contributed by atoms with E-state index < -0.39 is 0 Å². The van der Waals surface area contributed by atoms with Crippen molar-refractivity contribution >= 4 is 10.9 Å². The van der Waals surface area contributed by atoms with Gasteiger partial charge in [0.1, 0.15) is 0 Å². The van der Waals surface area contributed by atoms with Gasteiger partial charge in [0.2, 0.25) is 0 Å². The Morgan fingerprint density at radius 1 is 0.826 bits per heavy atom. The van der Waals surface area contributed by atoms with Crippen molar-refractivity contribution in [3.8, 4) is 11.1 Å². The van der Waals surface area contributed by atoms with Crippen molar-refractivity contribution in [3.05, 3.63) is 66.4 Å². The molecule has 3 rings (SSSR count). The Hall–Kier alpha value is -2.15. The molecule has 2 aromatic carbocycles. The quantitative estimate of drug-likeness (QED) is 0.459. The van der Waals surface area contributed by atoms with E-state index in [1.54, 1.807) is 0 Å². The van der Waals surface area contributed by atoms with Crippen molar-refractivity contribution in [1.82, 2.24) is 4.98 Å². The van der Waals surface area contributed by atoms with Gasteiger partial charge in [-0.05, 0) is 47.7 Å². The lowest BCUT2D eigenvalue weighted by Gasteiger charge is -2.09. The van der Waals surface area contributed by atoms with E-state index in [1.807, 2.05) is 6.20 Å². The number of fused-ring (bicyclic) bond motifs is 1. The molecule has 0 spiro atoms. The van der Waals surface area contributed by atoms with Crippen LogP contribution in [0.25, 0.3) is 22.0 Å². The van der Waals surface area contributed by atoms with Gasteiger partial charge < -0.3 is 0 Å². The Balaban J connectivity index is 1.83. The third-order valence-corrected chi connectivity index (χ3v) is 4.46. The minimum atomic E-state index is 1.08. The monoisotopic (exact) mass is 303 g/mol. The van der Waals surface area contributed by atoms with Crippen molar-refractivity contribution in [3.63, 3.8) is 0 Å². The molecule has 3 aromatic rings. The van der Waals surface area contributed by atoms with Gasteiger partial charge in [-0.1, -0.05) is 69.0 Å². The molecule has 0 bridgehead atoms. The highest BCUT2D eigenvalue weighted by Crippen LogP contribution is 2.28. The van der Waals surface area contributed by atoms with Crippen LogP contribution in [0.2, 0.25) is 0 Å². The molecular formula is C22H25N. The van der Waals surface area contributed by atoms with Gasteiger partial charge in [0, 0.05) is 11.6 Å². The van der Waals surface area contributed by atoms with E-state index in [2.05, 4.69) is 66.5 Å². The molecule has 0 atom stereocenters.